The summed E-state index contributed by atoms with van der Waals surface area (Å²) >= 11 is 0. The second kappa shape index (κ2) is 8.92. The summed E-state index contributed by atoms with van der Waals surface area (Å²) < 4.78 is 1.94. The van der Waals surface area contributed by atoms with Crippen molar-refractivity contribution in [2.45, 2.75) is 13.0 Å². The van der Waals surface area contributed by atoms with Gasteiger partial charge in [0, 0.05) is 17.4 Å². The van der Waals surface area contributed by atoms with Gasteiger partial charge in [-0.15, -0.1) is 0 Å². The number of anilines is 2. The normalized spacial score (nSPS) is 11.8. The molecule has 7 heteroatoms. The molecule has 0 aliphatic heterocycles. The summed E-state index contributed by atoms with van der Waals surface area (Å²) in [6, 6.07) is 26.6. The van der Waals surface area contributed by atoms with Crippen LogP contribution in [0.1, 0.15) is 28.9 Å². The van der Waals surface area contributed by atoms with Gasteiger partial charge < -0.3 is 10.6 Å². The van der Waals surface area contributed by atoms with Gasteiger partial charge in [-0.25, -0.2) is 9.97 Å². The molecule has 3 aromatic carbocycles. The Morgan fingerprint density at radius 2 is 1.73 bits per heavy atom. The van der Waals surface area contributed by atoms with E-state index in [1.165, 1.54) is 0 Å². The Hall–Kier alpha value is -4.52. The number of nitrogens with one attached hydrogen (secondary N) is 2. The van der Waals surface area contributed by atoms with Crippen LogP contribution in [0.3, 0.4) is 0 Å². The number of carbonyl (C=O) groups is 1. The predicted molar refractivity (Wildman–Crippen MR) is 130 cm³/mol. The molecule has 5 aromatic rings. The van der Waals surface area contributed by atoms with E-state index < -0.39 is 0 Å². The van der Waals surface area contributed by atoms with E-state index in [1.807, 2.05) is 84.3 Å². The highest BCUT2D eigenvalue weighted by Crippen LogP contribution is 2.22. The molecule has 5 rings (SSSR count). The monoisotopic (exact) mass is 434 g/mol. The first-order valence-electron chi connectivity index (χ1n) is 10.7. The number of nitrogens with zero attached hydrogens (tertiary/aromatic N) is 4. The van der Waals surface area contributed by atoms with E-state index in [9.17, 15) is 4.79 Å². The number of amides is 1. The van der Waals surface area contributed by atoms with Crippen molar-refractivity contribution in [3.63, 3.8) is 0 Å². The van der Waals surface area contributed by atoms with Gasteiger partial charge in [0.15, 0.2) is 0 Å². The minimum atomic E-state index is -0.142. The summed E-state index contributed by atoms with van der Waals surface area (Å²) in [6.07, 6.45) is 3.49. The third-order valence-electron chi connectivity index (χ3n) is 5.37. The third kappa shape index (κ3) is 4.43. The lowest BCUT2D eigenvalue weighted by atomic mass is 10.1. The summed E-state index contributed by atoms with van der Waals surface area (Å²) in [5, 5.41) is 6.31. The number of hydrogen-bond donors (Lipinski definition) is 2. The highest BCUT2D eigenvalue weighted by molar-refractivity contribution is 6.04. The first-order valence-corrected chi connectivity index (χ1v) is 10.7. The van der Waals surface area contributed by atoms with Gasteiger partial charge in [-0.3, -0.25) is 9.36 Å². The number of hydrogen-bond acceptors (Lipinski definition) is 5. The summed E-state index contributed by atoms with van der Waals surface area (Å²) in [4.78, 5) is 26.0. The lowest BCUT2D eigenvalue weighted by molar-refractivity contribution is 0.102. The number of fused-ring (bicyclic) bond motifs is 1. The SMILES string of the molecule is C[C@H](Nc1nccc(-n2cnc3ccccc32)n1)c1cccc(NC(=O)c2ccccc2)c1. The fourth-order valence-electron chi connectivity index (χ4n) is 3.65. The van der Waals surface area contributed by atoms with Crippen molar-refractivity contribution < 1.29 is 4.79 Å². The predicted octanol–water partition coefficient (Wildman–Crippen LogP) is 5.24. The van der Waals surface area contributed by atoms with Crippen molar-refractivity contribution in [1.82, 2.24) is 19.5 Å². The van der Waals surface area contributed by atoms with E-state index in [1.54, 1.807) is 24.7 Å². The number of imidazole rings is 1. The van der Waals surface area contributed by atoms with Crippen molar-refractivity contribution in [2.75, 3.05) is 10.6 Å². The molecule has 2 aromatic heterocycles. The van der Waals surface area contributed by atoms with Crippen molar-refractivity contribution in [1.29, 1.82) is 0 Å². The Morgan fingerprint density at radius 1 is 0.909 bits per heavy atom. The molecule has 0 aliphatic rings. The van der Waals surface area contributed by atoms with Gasteiger partial charge in [-0.2, -0.15) is 4.98 Å². The molecule has 1 amide bonds. The molecule has 1 atom stereocenters. The summed E-state index contributed by atoms with van der Waals surface area (Å²) in [5.41, 5.74) is 4.24. The molecule has 0 fully saturated rings. The minimum Gasteiger partial charge on any atom is -0.348 e. The standard InChI is InChI=1S/C26H22N6O/c1-18(20-10-7-11-21(16-20)30-25(33)19-8-3-2-4-9-19)29-26-27-15-14-24(31-26)32-17-28-22-12-5-6-13-23(22)32/h2-18H,1H3,(H,30,33)(H,27,29,31)/t18-/m0/s1. The van der Waals surface area contributed by atoms with Crippen LogP contribution in [0.5, 0.6) is 0 Å². The second-order valence-electron chi connectivity index (χ2n) is 7.65. The Labute approximate surface area is 191 Å². The first kappa shape index (κ1) is 20.4. The summed E-state index contributed by atoms with van der Waals surface area (Å²) in [5.74, 6) is 1.10. The van der Waals surface area contributed by atoms with E-state index >= 15 is 0 Å². The number of rotatable bonds is 6. The topological polar surface area (TPSA) is 84.7 Å². The van der Waals surface area contributed by atoms with Crippen LogP contribution in [0.15, 0.2) is 97.5 Å². The zero-order valence-corrected chi connectivity index (χ0v) is 18.0. The molecule has 0 saturated heterocycles. The Bertz CT molecular complexity index is 1410. The lowest BCUT2D eigenvalue weighted by Crippen LogP contribution is -2.13. The van der Waals surface area contributed by atoms with Gasteiger partial charge in [-0.1, -0.05) is 42.5 Å². The van der Waals surface area contributed by atoms with Gasteiger partial charge in [0.2, 0.25) is 5.95 Å². The Balaban J connectivity index is 1.33. The molecule has 0 aliphatic carbocycles. The zero-order chi connectivity index (χ0) is 22.6. The number of carbonyl (C=O) groups excluding carboxylic acids is 1. The van der Waals surface area contributed by atoms with E-state index in [4.69, 9.17) is 0 Å². The third-order valence-corrected chi connectivity index (χ3v) is 5.37. The second-order valence-corrected chi connectivity index (χ2v) is 7.65. The molecule has 2 N–H and O–H groups in total. The number of para-hydroxylation sites is 2. The largest absolute Gasteiger partial charge is 0.348 e. The average molecular weight is 435 g/mol. The van der Waals surface area contributed by atoms with Crippen LogP contribution in [0.2, 0.25) is 0 Å². The van der Waals surface area contributed by atoms with Crippen LogP contribution in [0.25, 0.3) is 16.9 Å². The lowest BCUT2D eigenvalue weighted by Gasteiger charge is -2.16. The van der Waals surface area contributed by atoms with E-state index in [0.717, 1.165) is 28.1 Å². The van der Waals surface area contributed by atoms with Crippen LogP contribution >= 0.6 is 0 Å². The van der Waals surface area contributed by atoms with Gasteiger partial charge in [0.1, 0.15) is 12.1 Å². The summed E-state index contributed by atoms with van der Waals surface area (Å²) in [6.45, 7) is 2.03. The first-order chi connectivity index (χ1) is 16.2. The van der Waals surface area contributed by atoms with Gasteiger partial charge in [0.05, 0.1) is 17.1 Å². The van der Waals surface area contributed by atoms with Gasteiger partial charge >= 0.3 is 0 Å². The van der Waals surface area contributed by atoms with Crippen molar-refractivity contribution >= 4 is 28.6 Å². The smallest absolute Gasteiger partial charge is 0.255 e. The minimum absolute atomic E-state index is 0.0756. The van der Waals surface area contributed by atoms with E-state index in [0.29, 0.717) is 11.5 Å². The summed E-state index contributed by atoms with van der Waals surface area (Å²) in [7, 11) is 0. The molecule has 2 heterocycles. The molecule has 0 radical (unpaired) electrons. The van der Waals surface area contributed by atoms with Crippen LogP contribution in [-0.2, 0) is 0 Å². The Morgan fingerprint density at radius 3 is 2.61 bits per heavy atom. The van der Waals surface area contributed by atoms with Gasteiger partial charge in [-0.05, 0) is 55.0 Å². The maximum Gasteiger partial charge on any atom is 0.255 e. The number of aromatic nitrogens is 4. The van der Waals surface area contributed by atoms with Crippen LogP contribution in [0.4, 0.5) is 11.6 Å². The van der Waals surface area contributed by atoms with Gasteiger partial charge in [0.25, 0.3) is 5.91 Å². The molecule has 0 saturated carbocycles. The Kier molecular flexibility index (Phi) is 5.51. The molecule has 7 nitrogen and oxygen atoms in total. The zero-order valence-electron chi connectivity index (χ0n) is 18.0. The maximum absolute atomic E-state index is 12.5. The van der Waals surface area contributed by atoms with E-state index in [2.05, 4.69) is 25.6 Å². The molecule has 33 heavy (non-hydrogen) atoms. The van der Waals surface area contributed by atoms with Crippen LogP contribution in [-0.4, -0.2) is 25.4 Å². The highest BCUT2D eigenvalue weighted by Gasteiger charge is 2.12. The fourth-order valence-corrected chi connectivity index (χ4v) is 3.65. The van der Waals surface area contributed by atoms with Crippen molar-refractivity contribution in [2.24, 2.45) is 0 Å². The molecule has 0 spiro atoms. The molecule has 0 unspecified atom stereocenters. The van der Waals surface area contributed by atoms with Crippen molar-refractivity contribution in [3.8, 4) is 5.82 Å². The van der Waals surface area contributed by atoms with E-state index in [-0.39, 0.29) is 11.9 Å². The molecular weight excluding hydrogens is 412 g/mol. The van der Waals surface area contributed by atoms with Crippen LogP contribution < -0.4 is 10.6 Å². The quantitative estimate of drug-likeness (QED) is 0.382. The van der Waals surface area contributed by atoms with Crippen molar-refractivity contribution in [3.05, 3.63) is 109 Å². The number of benzene rings is 3. The fraction of sp³-hybridized carbons (Fsp3) is 0.0769. The highest BCUT2D eigenvalue weighted by atomic mass is 16.1. The average Bonchev–Trinajstić information content (AvgIpc) is 3.29. The molecular formula is C26H22N6O. The maximum atomic E-state index is 12.5. The molecule has 162 valence electrons. The molecule has 0 bridgehead atoms. The van der Waals surface area contributed by atoms with Crippen LogP contribution in [0, 0.1) is 0 Å².